The van der Waals surface area contributed by atoms with E-state index in [0.29, 0.717) is 23.3 Å². The minimum absolute atomic E-state index is 0.00145. The molecule has 0 unspecified atom stereocenters. The van der Waals surface area contributed by atoms with Crippen molar-refractivity contribution in [2.75, 3.05) is 44.4 Å². The number of nitrogens with two attached hydrogens (primary N) is 1. The van der Waals surface area contributed by atoms with Gasteiger partial charge in [-0.15, -0.1) is 0 Å². The molecule has 35 heavy (non-hydrogen) atoms. The molecule has 1 fully saturated rings. The SMILES string of the molecule is COc1nc(N(CCC#N)C2CN(C)C2)c2cc(Cl)c(-c3ccc(F)c4sc(N)nc34)c(F)c2n1. The van der Waals surface area contributed by atoms with Gasteiger partial charge in [-0.3, -0.25) is 0 Å². The second-order valence-corrected chi connectivity index (χ2v) is 9.72. The summed E-state index contributed by atoms with van der Waals surface area (Å²) in [6.07, 6.45) is 0.265. The van der Waals surface area contributed by atoms with Crippen LogP contribution in [0.1, 0.15) is 6.42 Å². The zero-order chi connectivity index (χ0) is 24.9. The molecule has 8 nitrogen and oxygen atoms in total. The number of halogens is 3. The zero-order valence-corrected chi connectivity index (χ0v) is 20.4. The normalized spacial score (nSPS) is 14.3. The number of nitriles is 1. The molecule has 0 radical (unpaired) electrons. The molecule has 180 valence electrons. The van der Waals surface area contributed by atoms with E-state index in [-0.39, 0.29) is 49.9 Å². The van der Waals surface area contributed by atoms with E-state index in [0.717, 1.165) is 24.4 Å². The number of hydrogen-bond acceptors (Lipinski definition) is 9. The van der Waals surface area contributed by atoms with Crippen LogP contribution < -0.4 is 15.4 Å². The second-order valence-electron chi connectivity index (χ2n) is 8.28. The highest BCUT2D eigenvalue weighted by Gasteiger charge is 2.32. The van der Waals surface area contributed by atoms with Crippen molar-refractivity contribution in [1.82, 2.24) is 19.9 Å². The molecule has 0 saturated carbocycles. The Bertz CT molecular complexity index is 1500. The summed E-state index contributed by atoms with van der Waals surface area (Å²) in [4.78, 5) is 17.1. The average Bonchev–Trinajstić information content (AvgIpc) is 3.22. The number of hydrogen-bond donors (Lipinski definition) is 1. The van der Waals surface area contributed by atoms with Gasteiger partial charge in [0.25, 0.3) is 0 Å². The monoisotopic (exact) mass is 515 g/mol. The molecule has 2 aromatic heterocycles. The third-order valence-electron chi connectivity index (χ3n) is 6.03. The number of thiazole rings is 1. The van der Waals surface area contributed by atoms with Crippen molar-refractivity contribution in [3.63, 3.8) is 0 Å². The maximum absolute atomic E-state index is 16.2. The fourth-order valence-electron chi connectivity index (χ4n) is 4.41. The van der Waals surface area contributed by atoms with E-state index in [4.69, 9.17) is 22.1 Å². The van der Waals surface area contributed by atoms with Crippen molar-refractivity contribution in [3.05, 3.63) is 34.9 Å². The molecule has 0 aliphatic carbocycles. The molecule has 2 aromatic carbocycles. The van der Waals surface area contributed by atoms with Crippen LogP contribution in [-0.4, -0.2) is 59.7 Å². The molecule has 1 saturated heterocycles. The molecular formula is C23H20ClF2N7OS. The van der Waals surface area contributed by atoms with Crippen molar-refractivity contribution >= 4 is 55.0 Å². The highest BCUT2D eigenvalue weighted by Crippen LogP contribution is 2.43. The number of nitrogens with zero attached hydrogens (tertiary/aromatic N) is 6. The second kappa shape index (κ2) is 9.03. The third-order valence-corrected chi connectivity index (χ3v) is 7.22. The Kier molecular flexibility index (Phi) is 6.04. The summed E-state index contributed by atoms with van der Waals surface area (Å²) in [5.41, 5.74) is 6.37. The zero-order valence-electron chi connectivity index (χ0n) is 18.8. The molecule has 1 aliphatic heterocycles. The van der Waals surface area contributed by atoms with Gasteiger partial charge in [0.05, 0.1) is 40.9 Å². The average molecular weight is 516 g/mol. The lowest BCUT2D eigenvalue weighted by Crippen LogP contribution is -2.58. The number of anilines is 2. The number of ether oxygens (including phenoxy) is 1. The van der Waals surface area contributed by atoms with Gasteiger partial charge >= 0.3 is 6.01 Å². The number of likely N-dealkylation sites (tertiary alicyclic amines) is 1. The van der Waals surface area contributed by atoms with Crippen LogP contribution in [0.4, 0.5) is 19.7 Å². The Morgan fingerprint density at radius 3 is 2.74 bits per heavy atom. The maximum atomic E-state index is 16.2. The number of likely N-dealkylation sites (N-methyl/N-ethyl adjacent to an activating group) is 1. The molecule has 0 amide bonds. The van der Waals surface area contributed by atoms with Crippen LogP contribution in [0.3, 0.4) is 0 Å². The fraction of sp³-hybridized carbons (Fsp3) is 0.304. The van der Waals surface area contributed by atoms with Gasteiger partial charge in [-0.25, -0.2) is 13.8 Å². The van der Waals surface area contributed by atoms with Crippen LogP contribution in [0.25, 0.3) is 32.2 Å². The Morgan fingerprint density at radius 1 is 1.29 bits per heavy atom. The predicted octanol–water partition coefficient (Wildman–Crippen LogP) is 4.46. The Labute approximate surface area is 208 Å². The van der Waals surface area contributed by atoms with E-state index < -0.39 is 11.6 Å². The van der Waals surface area contributed by atoms with Crippen LogP contribution in [-0.2, 0) is 0 Å². The maximum Gasteiger partial charge on any atom is 0.318 e. The van der Waals surface area contributed by atoms with Gasteiger partial charge in [0.2, 0.25) is 0 Å². The minimum Gasteiger partial charge on any atom is -0.467 e. The van der Waals surface area contributed by atoms with Gasteiger partial charge in [-0.1, -0.05) is 22.9 Å². The first kappa shape index (κ1) is 23.4. The molecule has 2 N–H and O–H groups in total. The lowest BCUT2D eigenvalue weighted by atomic mass is 10.0. The van der Waals surface area contributed by atoms with Crippen molar-refractivity contribution < 1.29 is 13.5 Å². The van der Waals surface area contributed by atoms with Gasteiger partial charge in [0.15, 0.2) is 10.9 Å². The molecule has 0 atom stereocenters. The molecule has 0 bridgehead atoms. The van der Waals surface area contributed by atoms with Crippen LogP contribution in [0.2, 0.25) is 5.02 Å². The first-order valence-electron chi connectivity index (χ1n) is 10.7. The Morgan fingerprint density at radius 2 is 2.06 bits per heavy atom. The molecular weight excluding hydrogens is 496 g/mol. The summed E-state index contributed by atoms with van der Waals surface area (Å²) >= 11 is 7.62. The number of rotatable bonds is 6. The van der Waals surface area contributed by atoms with Gasteiger partial charge in [0, 0.05) is 36.1 Å². The highest BCUT2D eigenvalue weighted by molar-refractivity contribution is 7.22. The minimum atomic E-state index is -0.708. The Balaban J connectivity index is 1.75. The van der Waals surface area contributed by atoms with Gasteiger partial charge in [-0.05, 0) is 25.2 Å². The third kappa shape index (κ3) is 3.97. The highest BCUT2D eigenvalue weighted by atomic mass is 35.5. The first-order chi connectivity index (χ1) is 16.8. The molecule has 3 heterocycles. The smallest absolute Gasteiger partial charge is 0.318 e. The lowest BCUT2D eigenvalue weighted by Gasteiger charge is -2.44. The molecule has 4 aromatic rings. The summed E-state index contributed by atoms with van der Waals surface area (Å²) < 4.78 is 36.0. The van der Waals surface area contributed by atoms with E-state index >= 15 is 4.39 Å². The number of methoxy groups -OCH3 is 1. The van der Waals surface area contributed by atoms with E-state index in [2.05, 4.69) is 25.9 Å². The molecule has 1 aliphatic rings. The van der Waals surface area contributed by atoms with Crippen LogP contribution in [0.5, 0.6) is 6.01 Å². The van der Waals surface area contributed by atoms with Crippen LogP contribution in [0.15, 0.2) is 18.2 Å². The summed E-state index contributed by atoms with van der Waals surface area (Å²) in [6, 6.07) is 6.49. The largest absolute Gasteiger partial charge is 0.467 e. The molecule has 5 rings (SSSR count). The molecule has 12 heteroatoms. The van der Waals surface area contributed by atoms with Crippen molar-refractivity contribution in [3.8, 4) is 23.2 Å². The number of aromatic nitrogens is 3. The van der Waals surface area contributed by atoms with Gasteiger partial charge in [0.1, 0.15) is 17.2 Å². The summed E-state index contributed by atoms with van der Waals surface area (Å²) in [5, 5.41) is 9.84. The van der Waals surface area contributed by atoms with Crippen LogP contribution >= 0.6 is 22.9 Å². The Hall–Kier alpha value is -3.33. The van der Waals surface area contributed by atoms with Crippen molar-refractivity contribution in [2.45, 2.75) is 12.5 Å². The molecule has 0 spiro atoms. The summed E-state index contributed by atoms with van der Waals surface area (Å²) in [5.74, 6) is -0.769. The predicted molar refractivity (Wildman–Crippen MR) is 133 cm³/mol. The number of fused-ring (bicyclic) bond motifs is 2. The number of benzene rings is 2. The standard InChI is InChI=1S/C23H20ClF2N7OS/c1-32-9-11(10-32)33(7-3-6-27)21-13-8-14(24)16(17(26)18(13)30-23(31-21)34-2)12-4-5-15(25)20-19(12)29-22(28)35-20/h4-5,8,11H,3,7,9-10H2,1-2H3,(H2,28,29). The topological polar surface area (TPSA) is 104 Å². The van der Waals surface area contributed by atoms with Crippen molar-refractivity contribution in [1.29, 1.82) is 5.26 Å². The van der Waals surface area contributed by atoms with Gasteiger partial charge in [-0.2, -0.15) is 15.2 Å². The van der Waals surface area contributed by atoms with E-state index in [1.165, 1.54) is 19.2 Å². The van der Waals surface area contributed by atoms with Crippen LogP contribution in [0, 0.1) is 23.0 Å². The lowest BCUT2D eigenvalue weighted by molar-refractivity contribution is 0.183. The van der Waals surface area contributed by atoms with E-state index in [1.807, 2.05) is 11.9 Å². The van der Waals surface area contributed by atoms with Crippen molar-refractivity contribution in [2.24, 2.45) is 0 Å². The summed E-state index contributed by atoms with van der Waals surface area (Å²) in [6.45, 7) is 1.95. The number of nitrogen functional groups attached to an aromatic ring is 1. The summed E-state index contributed by atoms with van der Waals surface area (Å²) in [7, 11) is 3.40. The van der Waals surface area contributed by atoms with Gasteiger partial charge < -0.3 is 20.3 Å². The fourth-order valence-corrected chi connectivity index (χ4v) is 5.46. The quantitative estimate of drug-likeness (QED) is 0.401. The van der Waals surface area contributed by atoms with E-state index in [1.54, 1.807) is 6.07 Å². The first-order valence-corrected chi connectivity index (χ1v) is 11.9. The van der Waals surface area contributed by atoms with E-state index in [9.17, 15) is 9.65 Å².